The highest BCUT2D eigenvalue weighted by molar-refractivity contribution is 7.94. The van der Waals surface area contributed by atoms with Gasteiger partial charge in [0.1, 0.15) is 0 Å². The topological polar surface area (TPSA) is 127 Å². The molecule has 1 heterocycles. The Labute approximate surface area is 125 Å². The summed E-state index contributed by atoms with van der Waals surface area (Å²) in [6.45, 7) is 3.05. The van der Waals surface area contributed by atoms with E-state index in [2.05, 4.69) is 20.2 Å². The molecule has 21 heavy (non-hydrogen) atoms. The van der Waals surface area contributed by atoms with Crippen LogP contribution in [0.5, 0.6) is 0 Å². The van der Waals surface area contributed by atoms with Crippen LogP contribution < -0.4 is 15.8 Å². The molecule has 0 spiro atoms. The number of nitrogens with two attached hydrogens (primary N) is 1. The van der Waals surface area contributed by atoms with Crippen molar-refractivity contribution in [2.24, 2.45) is 0 Å². The van der Waals surface area contributed by atoms with Crippen molar-refractivity contribution in [3.05, 3.63) is 23.8 Å². The number of hydrogen-bond acceptors (Lipinski definition) is 7. The number of amides is 1. The van der Waals surface area contributed by atoms with Gasteiger partial charge in [-0.2, -0.15) is 8.42 Å². The highest BCUT2D eigenvalue weighted by Gasteiger charge is 2.21. The predicted molar refractivity (Wildman–Crippen MR) is 80.6 cm³/mol. The van der Waals surface area contributed by atoms with Crippen LogP contribution in [0.25, 0.3) is 0 Å². The summed E-state index contributed by atoms with van der Waals surface area (Å²) >= 11 is 0.762. The van der Waals surface area contributed by atoms with E-state index in [1.54, 1.807) is 19.1 Å². The average Bonchev–Trinajstić information content (AvgIpc) is 2.82. The van der Waals surface area contributed by atoms with Crippen molar-refractivity contribution < 1.29 is 13.2 Å². The Bertz CT molecular complexity index is 785. The quantitative estimate of drug-likeness (QED) is 0.572. The standard InChI is InChI=1S/C11H13N5O3S2/c1-6-3-4-8(12)5-9(6)16-21(18,19)11-15-14-10(20-11)13-7(2)17/h3-5,16H,12H2,1-2H3,(H,13,14,17). The van der Waals surface area contributed by atoms with E-state index in [-0.39, 0.29) is 15.4 Å². The van der Waals surface area contributed by atoms with Gasteiger partial charge in [0.25, 0.3) is 14.4 Å². The molecular weight excluding hydrogens is 314 g/mol. The van der Waals surface area contributed by atoms with Gasteiger partial charge in [0, 0.05) is 12.6 Å². The molecule has 8 nitrogen and oxygen atoms in total. The van der Waals surface area contributed by atoms with Gasteiger partial charge in [-0.3, -0.25) is 9.52 Å². The van der Waals surface area contributed by atoms with E-state index in [1.807, 2.05) is 0 Å². The van der Waals surface area contributed by atoms with Crippen LogP contribution >= 0.6 is 11.3 Å². The van der Waals surface area contributed by atoms with Crippen molar-refractivity contribution in [1.82, 2.24) is 10.2 Å². The van der Waals surface area contributed by atoms with Gasteiger partial charge in [0.15, 0.2) is 0 Å². The molecular formula is C11H13N5O3S2. The van der Waals surface area contributed by atoms with E-state index >= 15 is 0 Å². The molecule has 0 atom stereocenters. The summed E-state index contributed by atoms with van der Waals surface area (Å²) in [6, 6.07) is 4.89. The third kappa shape index (κ3) is 3.67. The summed E-state index contributed by atoms with van der Waals surface area (Å²) in [5, 5.41) is 9.65. The van der Waals surface area contributed by atoms with Gasteiger partial charge < -0.3 is 11.1 Å². The van der Waals surface area contributed by atoms with Gasteiger partial charge in [-0.15, -0.1) is 10.2 Å². The molecule has 2 aromatic rings. The first-order chi connectivity index (χ1) is 9.78. The lowest BCUT2D eigenvalue weighted by molar-refractivity contribution is -0.114. The third-order valence-corrected chi connectivity index (χ3v) is 5.00. The number of nitrogens with one attached hydrogen (secondary N) is 2. The molecule has 0 unspecified atom stereocenters. The summed E-state index contributed by atoms with van der Waals surface area (Å²) in [4.78, 5) is 10.9. The highest BCUT2D eigenvalue weighted by Crippen LogP contribution is 2.25. The minimum atomic E-state index is -3.88. The molecule has 0 radical (unpaired) electrons. The first kappa shape index (κ1) is 15.2. The average molecular weight is 327 g/mol. The fraction of sp³-hybridized carbons (Fsp3) is 0.182. The number of hydrogen-bond donors (Lipinski definition) is 3. The van der Waals surface area contributed by atoms with Crippen molar-refractivity contribution in [2.45, 2.75) is 18.2 Å². The summed E-state index contributed by atoms with van der Waals surface area (Å²) in [7, 11) is -3.88. The number of aryl methyl sites for hydroxylation is 1. The van der Waals surface area contributed by atoms with Crippen LogP contribution in [0.1, 0.15) is 12.5 Å². The van der Waals surface area contributed by atoms with Gasteiger partial charge in [-0.05, 0) is 24.6 Å². The molecule has 0 aliphatic heterocycles. The summed E-state index contributed by atoms with van der Waals surface area (Å²) < 4.78 is 26.6. The number of carbonyl (C=O) groups is 1. The van der Waals surface area contributed by atoms with Crippen LogP contribution in [0.3, 0.4) is 0 Å². The number of sulfonamides is 1. The Kier molecular flexibility index (Phi) is 4.09. The predicted octanol–water partition coefficient (Wildman–Crippen LogP) is 1.19. The second-order valence-electron chi connectivity index (χ2n) is 4.23. The van der Waals surface area contributed by atoms with Gasteiger partial charge >= 0.3 is 0 Å². The highest BCUT2D eigenvalue weighted by atomic mass is 32.2. The van der Waals surface area contributed by atoms with Crippen molar-refractivity contribution in [1.29, 1.82) is 0 Å². The van der Waals surface area contributed by atoms with E-state index in [1.165, 1.54) is 13.0 Å². The summed E-state index contributed by atoms with van der Waals surface area (Å²) in [5.74, 6) is -0.352. The van der Waals surface area contributed by atoms with Crippen LogP contribution in [-0.4, -0.2) is 24.5 Å². The zero-order chi connectivity index (χ0) is 15.6. The Morgan fingerprint density at radius 1 is 1.33 bits per heavy atom. The third-order valence-electron chi connectivity index (χ3n) is 2.43. The second-order valence-corrected chi connectivity index (χ2v) is 7.07. The van der Waals surface area contributed by atoms with Gasteiger partial charge in [0.05, 0.1) is 5.69 Å². The number of nitrogen functional groups attached to an aromatic ring is 1. The van der Waals surface area contributed by atoms with Crippen LogP contribution in [0.2, 0.25) is 0 Å². The molecule has 112 valence electrons. The van der Waals surface area contributed by atoms with E-state index < -0.39 is 10.0 Å². The molecule has 0 bridgehead atoms. The first-order valence-electron chi connectivity index (χ1n) is 5.78. The molecule has 0 aliphatic carbocycles. The largest absolute Gasteiger partial charge is 0.399 e. The lowest BCUT2D eigenvalue weighted by atomic mass is 10.2. The zero-order valence-electron chi connectivity index (χ0n) is 11.2. The van der Waals surface area contributed by atoms with E-state index in [0.29, 0.717) is 11.4 Å². The fourth-order valence-electron chi connectivity index (χ4n) is 1.46. The molecule has 1 aromatic heterocycles. The minimum absolute atomic E-state index is 0.118. The fourth-order valence-corrected chi connectivity index (χ4v) is 3.53. The molecule has 2 rings (SSSR count). The maximum Gasteiger partial charge on any atom is 0.291 e. The number of benzene rings is 1. The summed E-state index contributed by atoms with van der Waals surface area (Å²) in [5.41, 5.74) is 7.16. The van der Waals surface area contributed by atoms with Gasteiger partial charge in [-0.25, -0.2) is 0 Å². The number of aromatic nitrogens is 2. The maximum absolute atomic E-state index is 12.2. The van der Waals surface area contributed by atoms with E-state index in [4.69, 9.17) is 5.73 Å². The number of nitrogens with zero attached hydrogens (tertiary/aromatic N) is 2. The molecule has 1 aromatic carbocycles. The number of rotatable bonds is 4. The minimum Gasteiger partial charge on any atom is -0.399 e. The van der Waals surface area contributed by atoms with Crippen molar-refractivity contribution >= 4 is 43.8 Å². The van der Waals surface area contributed by atoms with Crippen LogP contribution in [0.15, 0.2) is 22.5 Å². The molecule has 0 aliphatic rings. The van der Waals surface area contributed by atoms with E-state index in [9.17, 15) is 13.2 Å². The monoisotopic (exact) mass is 327 g/mol. The zero-order valence-corrected chi connectivity index (χ0v) is 12.9. The van der Waals surface area contributed by atoms with Crippen LogP contribution in [-0.2, 0) is 14.8 Å². The molecule has 0 saturated heterocycles. The summed E-state index contributed by atoms with van der Waals surface area (Å²) in [6.07, 6.45) is 0. The first-order valence-corrected chi connectivity index (χ1v) is 8.08. The van der Waals surface area contributed by atoms with Crippen LogP contribution in [0, 0.1) is 6.92 Å². The molecule has 1 amide bonds. The van der Waals surface area contributed by atoms with Crippen LogP contribution in [0.4, 0.5) is 16.5 Å². The normalized spacial score (nSPS) is 11.1. The van der Waals surface area contributed by atoms with Crippen molar-refractivity contribution in [3.63, 3.8) is 0 Å². The van der Waals surface area contributed by atoms with Gasteiger partial charge in [0.2, 0.25) is 11.0 Å². The van der Waals surface area contributed by atoms with Crippen molar-refractivity contribution in [2.75, 3.05) is 15.8 Å². The second kappa shape index (κ2) is 5.66. The number of anilines is 3. The Morgan fingerprint density at radius 2 is 2.05 bits per heavy atom. The SMILES string of the molecule is CC(=O)Nc1nnc(S(=O)(=O)Nc2cc(N)ccc2C)s1. The van der Waals surface area contributed by atoms with E-state index in [0.717, 1.165) is 16.9 Å². The molecule has 4 N–H and O–H groups in total. The Hall–Kier alpha value is -2.20. The Balaban J connectivity index is 2.28. The smallest absolute Gasteiger partial charge is 0.291 e. The maximum atomic E-state index is 12.2. The molecule has 0 saturated carbocycles. The Morgan fingerprint density at radius 3 is 2.71 bits per heavy atom. The lowest BCUT2D eigenvalue weighted by Gasteiger charge is -2.08. The molecule has 0 fully saturated rings. The van der Waals surface area contributed by atoms with Crippen molar-refractivity contribution in [3.8, 4) is 0 Å². The lowest BCUT2D eigenvalue weighted by Crippen LogP contribution is -2.13. The number of carbonyl (C=O) groups excluding carboxylic acids is 1. The molecule has 10 heteroatoms. The van der Waals surface area contributed by atoms with Gasteiger partial charge in [-0.1, -0.05) is 17.4 Å².